The Morgan fingerprint density at radius 2 is 2.11 bits per heavy atom. The summed E-state index contributed by atoms with van der Waals surface area (Å²) in [6.45, 7) is 1.54. The van der Waals surface area contributed by atoms with Crippen LogP contribution >= 0.6 is 0 Å². The highest BCUT2D eigenvalue weighted by atomic mass is 35.5. The zero-order chi connectivity index (χ0) is 13.0. The number of ether oxygens (including phenoxy) is 1. The Labute approximate surface area is 119 Å². The first-order valence-electron chi connectivity index (χ1n) is 5.94. The van der Waals surface area contributed by atoms with E-state index < -0.39 is 0 Å². The van der Waals surface area contributed by atoms with Crippen molar-refractivity contribution in [3.8, 4) is 5.75 Å². The van der Waals surface area contributed by atoms with Crippen LogP contribution in [0.25, 0.3) is 0 Å². The van der Waals surface area contributed by atoms with Crippen molar-refractivity contribution in [3.63, 3.8) is 0 Å². The van der Waals surface area contributed by atoms with E-state index in [0.717, 1.165) is 13.0 Å². The maximum absolute atomic E-state index is 5.82. The number of aryl methyl sites for hydroxylation is 2. The number of benzene rings is 1. The molecule has 1 aromatic heterocycles. The summed E-state index contributed by atoms with van der Waals surface area (Å²) in [4.78, 5) is 0. The van der Waals surface area contributed by atoms with Gasteiger partial charge in [0.05, 0.1) is 31.6 Å². The van der Waals surface area contributed by atoms with Crippen molar-refractivity contribution in [2.45, 2.75) is 13.0 Å². The molecule has 19 heavy (non-hydrogen) atoms. The van der Waals surface area contributed by atoms with Gasteiger partial charge < -0.3 is 28.6 Å². The largest absolute Gasteiger partial charge is 1.00 e. The van der Waals surface area contributed by atoms with Gasteiger partial charge in [-0.25, -0.2) is 9.13 Å². The van der Waals surface area contributed by atoms with E-state index in [0.29, 0.717) is 23.7 Å². The van der Waals surface area contributed by atoms with Gasteiger partial charge in [-0.2, -0.15) is 0 Å². The standard InChI is InChI=1S/C13H19N4O.ClH/c1-16-7-8-17(10-16)6-3-9-18-12-5-2-4-11(14)13(12)15;/h2,4-5,7-8,10H,3,6,9,14-15H2,1H3;1H/q+1;/p-1. The lowest BCUT2D eigenvalue weighted by Crippen LogP contribution is -3.00. The molecule has 0 saturated heterocycles. The summed E-state index contributed by atoms with van der Waals surface area (Å²) < 4.78 is 9.75. The van der Waals surface area contributed by atoms with Crippen molar-refractivity contribution >= 4 is 11.4 Å². The van der Waals surface area contributed by atoms with E-state index in [-0.39, 0.29) is 12.4 Å². The smallest absolute Gasteiger partial charge is 0.243 e. The van der Waals surface area contributed by atoms with Gasteiger partial charge in [0.1, 0.15) is 18.1 Å². The van der Waals surface area contributed by atoms with Crippen molar-refractivity contribution in [3.05, 3.63) is 36.9 Å². The van der Waals surface area contributed by atoms with Crippen molar-refractivity contribution in [2.75, 3.05) is 18.1 Å². The van der Waals surface area contributed by atoms with Crippen LogP contribution in [-0.4, -0.2) is 11.2 Å². The number of nitrogens with zero attached hydrogens (tertiary/aromatic N) is 2. The summed E-state index contributed by atoms with van der Waals surface area (Å²) in [7, 11) is 2.00. The van der Waals surface area contributed by atoms with E-state index in [1.165, 1.54) is 0 Å². The highest BCUT2D eigenvalue weighted by Gasteiger charge is 2.04. The molecule has 0 spiro atoms. The summed E-state index contributed by atoms with van der Waals surface area (Å²) in [5, 5.41) is 0. The summed E-state index contributed by atoms with van der Waals surface area (Å²) >= 11 is 0. The minimum atomic E-state index is 0. The second-order valence-electron chi connectivity index (χ2n) is 4.28. The summed E-state index contributed by atoms with van der Waals surface area (Å²) in [6.07, 6.45) is 7.00. The normalized spacial score (nSPS) is 9.95. The summed E-state index contributed by atoms with van der Waals surface area (Å²) in [5.74, 6) is 0.660. The Bertz CT molecular complexity index is 527. The minimum Gasteiger partial charge on any atom is -1.00 e. The molecule has 0 radical (unpaired) electrons. The van der Waals surface area contributed by atoms with Crippen molar-refractivity contribution in [1.82, 2.24) is 4.57 Å². The molecule has 0 atom stereocenters. The third-order valence-corrected chi connectivity index (χ3v) is 2.74. The number of hydrogen-bond donors (Lipinski definition) is 2. The number of imidazole rings is 1. The fourth-order valence-corrected chi connectivity index (χ4v) is 1.75. The SMILES string of the molecule is Cn1cc[n+](CCCOc2cccc(N)c2N)c1.[Cl-]. The summed E-state index contributed by atoms with van der Waals surface area (Å²) in [6, 6.07) is 5.44. The van der Waals surface area contributed by atoms with E-state index in [2.05, 4.69) is 4.57 Å². The highest BCUT2D eigenvalue weighted by molar-refractivity contribution is 5.70. The first-order valence-corrected chi connectivity index (χ1v) is 5.94. The second-order valence-corrected chi connectivity index (χ2v) is 4.28. The molecule has 0 bridgehead atoms. The molecule has 5 nitrogen and oxygen atoms in total. The Hall–Kier alpha value is -1.88. The molecular formula is C13H19ClN4O. The van der Waals surface area contributed by atoms with Crippen LogP contribution in [0.15, 0.2) is 36.9 Å². The van der Waals surface area contributed by atoms with Gasteiger partial charge in [0.15, 0.2) is 0 Å². The molecule has 1 aromatic carbocycles. The number of aromatic nitrogens is 2. The van der Waals surface area contributed by atoms with Crippen LogP contribution < -0.4 is 33.2 Å². The Morgan fingerprint density at radius 3 is 2.79 bits per heavy atom. The van der Waals surface area contributed by atoms with Gasteiger partial charge in [-0.15, -0.1) is 0 Å². The van der Waals surface area contributed by atoms with Crippen molar-refractivity contribution in [2.24, 2.45) is 7.05 Å². The number of anilines is 2. The monoisotopic (exact) mass is 282 g/mol. The first kappa shape index (κ1) is 15.2. The Morgan fingerprint density at radius 1 is 1.32 bits per heavy atom. The Balaban J connectivity index is 0.00000180. The van der Waals surface area contributed by atoms with E-state index in [4.69, 9.17) is 16.2 Å². The lowest BCUT2D eigenvalue weighted by atomic mass is 10.2. The van der Waals surface area contributed by atoms with E-state index in [1.807, 2.05) is 42.5 Å². The van der Waals surface area contributed by atoms with Gasteiger partial charge in [-0.3, -0.25) is 0 Å². The fourth-order valence-electron chi connectivity index (χ4n) is 1.75. The average Bonchev–Trinajstić information content (AvgIpc) is 2.76. The van der Waals surface area contributed by atoms with Gasteiger partial charge in [0, 0.05) is 6.42 Å². The van der Waals surface area contributed by atoms with Crippen LogP contribution in [0.4, 0.5) is 11.4 Å². The third-order valence-electron chi connectivity index (χ3n) is 2.74. The topological polar surface area (TPSA) is 70.1 Å². The highest BCUT2D eigenvalue weighted by Crippen LogP contribution is 2.26. The van der Waals surface area contributed by atoms with Crippen LogP contribution in [0.3, 0.4) is 0 Å². The number of hydrogen-bond acceptors (Lipinski definition) is 3. The molecule has 0 fully saturated rings. The molecular weight excluding hydrogens is 264 g/mol. The van der Waals surface area contributed by atoms with Crippen LogP contribution in [-0.2, 0) is 13.6 Å². The Kier molecular flexibility index (Phi) is 5.51. The zero-order valence-corrected chi connectivity index (χ0v) is 11.7. The molecule has 4 N–H and O–H groups in total. The molecule has 2 rings (SSSR count). The molecule has 2 aromatic rings. The lowest BCUT2D eigenvalue weighted by Gasteiger charge is -2.09. The minimum absolute atomic E-state index is 0. The van der Waals surface area contributed by atoms with E-state index in [9.17, 15) is 0 Å². The van der Waals surface area contributed by atoms with Gasteiger partial charge in [0.2, 0.25) is 6.33 Å². The van der Waals surface area contributed by atoms with E-state index in [1.54, 1.807) is 6.07 Å². The number of rotatable bonds is 5. The van der Waals surface area contributed by atoms with Crippen LogP contribution in [0.5, 0.6) is 5.75 Å². The second kappa shape index (κ2) is 6.89. The number of halogens is 1. The zero-order valence-electron chi connectivity index (χ0n) is 10.9. The molecule has 0 unspecified atom stereocenters. The van der Waals surface area contributed by atoms with Gasteiger partial charge in [-0.05, 0) is 12.1 Å². The lowest BCUT2D eigenvalue weighted by molar-refractivity contribution is -0.696. The molecule has 0 aliphatic heterocycles. The fraction of sp³-hybridized carbons (Fsp3) is 0.308. The number of nitrogens with two attached hydrogens (primary N) is 2. The van der Waals surface area contributed by atoms with Crippen molar-refractivity contribution < 1.29 is 21.7 Å². The number of para-hydroxylation sites is 1. The predicted molar refractivity (Wildman–Crippen MR) is 71.0 cm³/mol. The molecule has 1 heterocycles. The van der Waals surface area contributed by atoms with E-state index >= 15 is 0 Å². The van der Waals surface area contributed by atoms with Crippen LogP contribution in [0.1, 0.15) is 6.42 Å². The van der Waals surface area contributed by atoms with Crippen LogP contribution in [0.2, 0.25) is 0 Å². The molecule has 0 saturated carbocycles. The van der Waals surface area contributed by atoms with Crippen molar-refractivity contribution in [1.29, 1.82) is 0 Å². The molecule has 0 amide bonds. The third kappa shape index (κ3) is 4.06. The van der Waals surface area contributed by atoms with Gasteiger partial charge >= 0.3 is 0 Å². The molecule has 104 valence electrons. The maximum Gasteiger partial charge on any atom is 0.243 e. The van der Waals surface area contributed by atoms with Gasteiger partial charge in [0.25, 0.3) is 0 Å². The summed E-state index contributed by atoms with van der Waals surface area (Å²) in [5.41, 5.74) is 12.6. The average molecular weight is 283 g/mol. The first-order chi connectivity index (χ1) is 8.66. The molecule has 0 aliphatic rings. The number of nitrogen functional groups attached to an aromatic ring is 2. The van der Waals surface area contributed by atoms with Crippen LogP contribution in [0, 0.1) is 0 Å². The predicted octanol–water partition coefficient (Wildman–Crippen LogP) is -2.05. The maximum atomic E-state index is 5.82. The molecule has 6 heteroatoms. The molecule has 0 aliphatic carbocycles. The van der Waals surface area contributed by atoms with Gasteiger partial charge in [-0.1, -0.05) is 6.07 Å². The quantitative estimate of drug-likeness (QED) is 0.377.